The molecule has 0 amide bonds. The quantitative estimate of drug-likeness (QED) is 0.574. The highest BCUT2D eigenvalue weighted by molar-refractivity contribution is 7.98. The first kappa shape index (κ1) is 15.7. The molecule has 1 aliphatic rings. The summed E-state index contributed by atoms with van der Waals surface area (Å²) in [6.07, 6.45) is 2.42. The van der Waals surface area contributed by atoms with Crippen LogP contribution in [-0.4, -0.2) is 14.8 Å². The second-order valence-electron chi connectivity index (χ2n) is 6.21. The minimum absolute atomic E-state index is 0.554. The van der Waals surface area contributed by atoms with Gasteiger partial charge in [-0.25, -0.2) is 0 Å². The largest absolute Gasteiger partial charge is 0.274 e. The molecule has 0 bridgehead atoms. The number of benzene rings is 2. The SMILES string of the molecule is Cc1cccc(-n2c(SCc3cccc(Cl)c3)nnc2C2CC2)c1. The Morgan fingerprint density at radius 1 is 1.12 bits per heavy atom. The van der Waals surface area contributed by atoms with E-state index in [-0.39, 0.29) is 0 Å². The monoisotopic (exact) mass is 355 g/mol. The third-order valence-corrected chi connectivity index (χ3v) is 5.35. The Labute approximate surface area is 151 Å². The maximum Gasteiger partial charge on any atom is 0.196 e. The molecule has 0 aliphatic heterocycles. The highest BCUT2D eigenvalue weighted by Crippen LogP contribution is 2.41. The summed E-state index contributed by atoms with van der Waals surface area (Å²) in [5.41, 5.74) is 3.59. The van der Waals surface area contributed by atoms with Crippen LogP contribution in [0.15, 0.2) is 53.7 Å². The van der Waals surface area contributed by atoms with Gasteiger partial charge in [-0.3, -0.25) is 4.57 Å². The zero-order chi connectivity index (χ0) is 16.5. The zero-order valence-corrected chi connectivity index (χ0v) is 15.0. The number of aryl methyl sites for hydroxylation is 1. The fourth-order valence-corrected chi connectivity index (χ4v) is 3.88. The van der Waals surface area contributed by atoms with Gasteiger partial charge in [-0.1, -0.05) is 47.6 Å². The standard InChI is InChI=1S/C19H18ClN3S/c1-13-4-2-7-17(10-13)23-18(15-8-9-15)21-22-19(23)24-12-14-5-3-6-16(20)11-14/h2-7,10-11,15H,8-9,12H2,1H3. The molecule has 3 nitrogen and oxygen atoms in total. The molecule has 4 rings (SSSR count). The van der Waals surface area contributed by atoms with Crippen molar-refractivity contribution in [1.82, 2.24) is 14.8 Å². The van der Waals surface area contributed by atoms with Crippen LogP contribution < -0.4 is 0 Å². The highest BCUT2D eigenvalue weighted by Gasteiger charge is 2.31. The Kier molecular flexibility index (Phi) is 4.33. The topological polar surface area (TPSA) is 30.7 Å². The summed E-state index contributed by atoms with van der Waals surface area (Å²) in [5, 5.41) is 10.7. The molecule has 1 aromatic heterocycles. The van der Waals surface area contributed by atoms with E-state index in [2.05, 4.69) is 52.0 Å². The number of thioether (sulfide) groups is 1. The molecular weight excluding hydrogens is 338 g/mol. The summed E-state index contributed by atoms with van der Waals surface area (Å²) >= 11 is 7.79. The molecule has 0 spiro atoms. The Morgan fingerprint density at radius 2 is 1.96 bits per heavy atom. The van der Waals surface area contributed by atoms with Crippen LogP contribution in [-0.2, 0) is 5.75 Å². The Bertz CT molecular complexity index is 871. The van der Waals surface area contributed by atoms with Crippen molar-refractivity contribution in [3.63, 3.8) is 0 Å². The normalized spacial score (nSPS) is 14.1. The van der Waals surface area contributed by atoms with E-state index in [4.69, 9.17) is 11.6 Å². The molecule has 2 aromatic carbocycles. The maximum atomic E-state index is 6.08. The predicted octanol–water partition coefficient (Wildman–Crippen LogP) is 5.40. The number of hydrogen-bond donors (Lipinski definition) is 0. The van der Waals surface area contributed by atoms with Crippen molar-refractivity contribution in [2.24, 2.45) is 0 Å². The number of halogens is 1. The van der Waals surface area contributed by atoms with Crippen LogP contribution >= 0.6 is 23.4 Å². The van der Waals surface area contributed by atoms with E-state index < -0.39 is 0 Å². The summed E-state index contributed by atoms with van der Waals surface area (Å²) in [6.45, 7) is 2.11. The summed E-state index contributed by atoms with van der Waals surface area (Å²) < 4.78 is 2.22. The van der Waals surface area contributed by atoms with Crippen molar-refractivity contribution in [1.29, 1.82) is 0 Å². The van der Waals surface area contributed by atoms with Gasteiger partial charge in [-0.2, -0.15) is 0 Å². The van der Waals surface area contributed by atoms with Crippen LogP contribution in [0.2, 0.25) is 5.02 Å². The molecular formula is C19H18ClN3S. The van der Waals surface area contributed by atoms with Crippen LogP contribution in [0.1, 0.15) is 35.7 Å². The lowest BCUT2D eigenvalue weighted by Crippen LogP contribution is -2.02. The van der Waals surface area contributed by atoms with E-state index >= 15 is 0 Å². The molecule has 122 valence electrons. The zero-order valence-electron chi connectivity index (χ0n) is 13.4. The molecule has 24 heavy (non-hydrogen) atoms. The smallest absolute Gasteiger partial charge is 0.196 e. The number of aromatic nitrogens is 3. The van der Waals surface area contributed by atoms with Crippen LogP contribution in [0.3, 0.4) is 0 Å². The fourth-order valence-electron chi connectivity index (χ4n) is 2.77. The second-order valence-corrected chi connectivity index (χ2v) is 7.59. The molecule has 0 saturated heterocycles. The molecule has 0 unspecified atom stereocenters. The third-order valence-electron chi connectivity index (χ3n) is 4.12. The summed E-state index contributed by atoms with van der Waals surface area (Å²) in [6, 6.07) is 16.5. The molecule has 0 radical (unpaired) electrons. The molecule has 1 aliphatic carbocycles. The van der Waals surface area contributed by atoms with Gasteiger partial charge in [-0.15, -0.1) is 10.2 Å². The lowest BCUT2D eigenvalue weighted by Gasteiger charge is -2.10. The van der Waals surface area contributed by atoms with Gasteiger partial charge in [-0.05, 0) is 55.2 Å². The minimum Gasteiger partial charge on any atom is -0.274 e. The number of rotatable bonds is 5. The Morgan fingerprint density at radius 3 is 2.71 bits per heavy atom. The lowest BCUT2D eigenvalue weighted by atomic mass is 10.2. The predicted molar refractivity (Wildman–Crippen MR) is 99.1 cm³/mol. The van der Waals surface area contributed by atoms with Gasteiger partial charge in [0.1, 0.15) is 5.82 Å². The van der Waals surface area contributed by atoms with Gasteiger partial charge in [0.05, 0.1) is 0 Å². The third kappa shape index (κ3) is 3.35. The summed E-state index contributed by atoms with van der Waals surface area (Å²) in [4.78, 5) is 0. The molecule has 5 heteroatoms. The van der Waals surface area contributed by atoms with Gasteiger partial charge in [0, 0.05) is 22.4 Å². The maximum absolute atomic E-state index is 6.08. The Hall–Kier alpha value is -1.78. The second kappa shape index (κ2) is 6.61. The van der Waals surface area contributed by atoms with Crippen molar-refractivity contribution in [3.05, 3.63) is 70.5 Å². The van der Waals surface area contributed by atoms with Crippen molar-refractivity contribution in [3.8, 4) is 5.69 Å². The van der Waals surface area contributed by atoms with Gasteiger partial charge in [0.2, 0.25) is 0 Å². The van der Waals surface area contributed by atoms with Crippen LogP contribution in [0, 0.1) is 6.92 Å². The minimum atomic E-state index is 0.554. The first-order valence-electron chi connectivity index (χ1n) is 8.10. The van der Waals surface area contributed by atoms with Gasteiger partial charge in [0.25, 0.3) is 0 Å². The molecule has 3 aromatic rings. The molecule has 1 saturated carbocycles. The van der Waals surface area contributed by atoms with Crippen LogP contribution in [0.25, 0.3) is 5.69 Å². The fraction of sp³-hybridized carbons (Fsp3) is 0.263. The highest BCUT2D eigenvalue weighted by atomic mass is 35.5. The summed E-state index contributed by atoms with van der Waals surface area (Å²) in [5.74, 6) is 2.47. The van der Waals surface area contributed by atoms with E-state index in [0.29, 0.717) is 5.92 Å². The number of hydrogen-bond acceptors (Lipinski definition) is 3. The van der Waals surface area contributed by atoms with Crippen molar-refractivity contribution >= 4 is 23.4 Å². The lowest BCUT2D eigenvalue weighted by molar-refractivity contribution is 0.828. The van der Waals surface area contributed by atoms with Crippen LogP contribution in [0.4, 0.5) is 0 Å². The summed E-state index contributed by atoms with van der Waals surface area (Å²) in [7, 11) is 0. The Balaban J connectivity index is 1.65. The van der Waals surface area contributed by atoms with E-state index in [1.165, 1.54) is 24.0 Å². The van der Waals surface area contributed by atoms with Gasteiger partial charge < -0.3 is 0 Å². The molecule has 0 N–H and O–H groups in total. The van der Waals surface area contributed by atoms with Crippen molar-refractivity contribution in [2.75, 3.05) is 0 Å². The number of nitrogens with zero attached hydrogens (tertiary/aromatic N) is 3. The van der Waals surface area contributed by atoms with E-state index in [0.717, 1.165) is 27.4 Å². The van der Waals surface area contributed by atoms with E-state index in [1.54, 1.807) is 11.8 Å². The molecule has 1 fully saturated rings. The van der Waals surface area contributed by atoms with E-state index in [1.807, 2.05) is 18.2 Å². The van der Waals surface area contributed by atoms with E-state index in [9.17, 15) is 0 Å². The van der Waals surface area contributed by atoms with Crippen molar-refractivity contribution in [2.45, 2.75) is 36.6 Å². The first-order valence-corrected chi connectivity index (χ1v) is 9.46. The first-order chi connectivity index (χ1) is 11.7. The average molecular weight is 356 g/mol. The van der Waals surface area contributed by atoms with Crippen LogP contribution in [0.5, 0.6) is 0 Å². The molecule has 1 heterocycles. The molecule has 0 atom stereocenters. The van der Waals surface area contributed by atoms with Gasteiger partial charge in [0.15, 0.2) is 5.16 Å². The van der Waals surface area contributed by atoms with Gasteiger partial charge >= 0.3 is 0 Å². The van der Waals surface area contributed by atoms with Crippen molar-refractivity contribution < 1.29 is 0 Å². The average Bonchev–Trinajstić information content (AvgIpc) is 3.33.